The van der Waals surface area contributed by atoms with E-state index in [9.17, 15) is 25.2 Å². The van der Waals surface area contributed by atoms with E-state index in [-0.39, 0.29) is 24.5 Å². The van der Waals surface area contributed by atoms with E-state index in [1.54, 1.807) is 27.8 Å². The van der Waals surface area contributed by atoms with Gasteiger partial charge in [0.25, 0.3) is 0 Å². The summed E-state index contributed by atoms with van der Waals surface area (Å²) in [6.45, 7) is 13.5. The molecule has 1 amide bonds. The van der Waals surface area contributed by atoms with E-state index in [1.807, 2.05) is 26.8 Å². The molecule has 2 unspecified atom stereocenters. The number of likely N-dealkylation sites (N-methyl/N-ethyl adjacent to an activating group) is 2. The molecule has 0 radical (unpaired) electrons. The Morgan fingerprint density at radius 3 is 2.44 bits per heavy atom. The molecule has 0 bridgehead atoms. The molecule has 6 N–H and O–H groups in total. The van der Waals surface area contributed by atoms with E-state index in [1.165, 1.54) is 18.9 Å². The van der Waals surface area contributed by atoms with Crippen molar-refractivity contribution in [2.45, 2.75) is 141 Å². The molecule has 0 aromatic heterocycles. The summed E-state index contributed by atoms with van der Waals surface area (Å²) in [6, 6.07) is -1.40. The van der Waals surface area contributed by atoms with Crippen LogP contribution in [0.3, 0.4) is 0 Å². The van der Waals surface area contributed by atoms with Crippen LogP contribution in [0.4, 0.5) is 4.79 Å². The summed E-state index contributed by atoms with van der Waals surface area (Å²) in [5.41, 5.74) is -2.37. The number of hydrogen-bond donors (Lipinski definition) is 6. The molecule has 45 heavy (non-hydrogen) atoms. The lowest BCUT2D eigenvalue weighted by atomic mass is 9.80. The van der Waals surface area contributed by atoms with Crippen LogP contribution in [0, 0.1) is 11.8 Å². The SMILES string of the molecule is CCCC(O)CNCC1=CC[C@@H](C)[C@@H](OC2[C@@H](C)C[C@@H](NC)[C@H](O[C@H]3OC[C@](C)(O)[C@H](N(C)C(=O)OC(C)(C)C)[C@H]3O)[C@H]2O)O1. The molecule has 3 aliphatic rings. The first-order chi connectivity index (χ1) is 21.0. The molecule has 13 heteroatoms. The van der Waals surface area contributed by atoms with Gasteiger partial charge < -0.3 is 59.6 Å². The molecular formula is C32H59N3O10. The quantitative estimate of drug-likeness (QED) is 0.181. The summed E-state index contributed by atoms with van der Waals surface area (Å²) in [5.74, 6) is 0.704. The third kappa shape index (κ3) is 9.97. The number of aliphatic hydroxyl groups excluding tert-OH is 3. The van der Waals surface area contributed by atoms with Crippen molar-refractivity contribution in [3.8, 4) is 0 Å². The van der Waals surface area contributed by atoms with Gasteiger partial charge in [-0.05, 0) is 66.0 Å². The molecule has 1 aliphatic carbocycles. The van der Waals surface area contributed by atoms with E-state index in [2.05, 4.69) is 10.6 Å². The summed E-state index contributed by atoms with van der Waals surface area (Å²) >= 11 is 0. The monoisotopic (exact) mass is 645 g/mol. The lowest BCUT2D eigenvalue weighted by molar-refractivity contribution is -0.313. The van der Waals surface area contributed by atoms with Gasteiger partial charge in [0.15, 0.2) is 6.29 Å². The van der Waals surface area contributed by atoms with Gasteiger partial charge in [-0.2, -0.15) is 0 Å². The first kappa shape index (κ1) is 37.9. The van der Waals surface area contributed by atoms with Gasteiger partial charge in [-0.15, -0.1) is 0 Å². The number of amides is 1. The number of carbonyl (C=O) groups is 1. The molecule has 0 aromatic carbocycles. The fourth-order valence-corrected chi connectivity index (χ4v) is 6.39. The Kier molecular flexibility index (Phi) is 13.5. The van der Waals surface area contributed by atoms with Crippen LogP contribution in [0.2, 0.25) is 0 Å². The van der Waals surface area contributed by atoms with Crippen LogP contribution in [0.1, 0.15) is 74.1 Å². The molecule has 1 saturated carbocycles. The topological polar surface area (TPSA) is 171 Å². The Hall–Kier alpha value is -1.55. The molecule has 1 saturated heterocycles. The molecule has 2 aliphatic heterocycles. The third-order valence-corrected chi connectivity index (χ3v) is 8.84. The molecule has 2 heterocycles. The number of rotatable bonds is 12. The van der Waals surface area contributed by atoms with Crippen LogP contribution >= 0.6 is 0 Å². The third-order valence-electron chi connectivity index (χ3n) is 8.84. The summed E-state index contributed by atoms with van der Waals surface area (Å²) in [4.78, 5) is 14.0. The maximum Gasteiger partial charge on any atom is 0.410 e. The zero-order valence-corrected chi connectivity index (χ0v) is 28.6. The summed E-state index contributed by atoms with van der Waals surface area (Å²) < 4.78 is 30.2. The number of carbonyl (C=O) groups excluding carboxylic acids is 1. The Morgan fingerprint density at radius 2 is 1.82 bits per heavy atom. The van der Waals surface area contributed by atoms with Crippen LogP contribution in [0.15, 0.2) is 11.8 Å². The maximum atomic E-state index is 12.9. The van der Waals surface area contributed by atoms with E-state index in [0.29, 0.717) is 19.5 Å². The number of hydrogen-bond acceptors (Lipinski definition) is 12. The highest BCUT2D eigenvalue weighted by molar-refractivity contribution is 5.68. The standard InChI is InChI=1S/C32H59N3O10/c1-10-11-20(36)15-34-16-21-13-12-18(2)28(42-21)43-25-19(3)14-22(33-8)26(23(25)37)44-29-24(38)27(32(7,40)17-41-29)35(9)30(39)45-31(4,5)6/h13,18-20,22-29,33-34,36-38,40H,10-12,14-17H2,1-9H3/t18-,19+,20?,22-,23+,24-,25?,26+,27-,28-,29-,32+/m1/s1. The first-order valence-corrected chi connectivity index (χ1v) is 16.4. The van der Waals surface area contributed by atoms with Gasteiger partial charge in [0.05, 0.1) is 31.4 Å². The highest BCUT2D eigenvalue weighted by Gasteiger charge is 2.53. The fraction of sp³-hybridized carbons (Fsp3) is 0.906. The van der Waals surface area contributed by atoms with Gasteiger partial charge in [0.2, 0.25) is 6.29 Å². The van der Waals surface area contributed by atoms with Crippen molar-refractivity contribution in [1.82, 2.24) is 15.5 Å². The van der Waals surface area contributed by atoms with Gasteiger partial charge in [-0.1, -0.05) is 27.2 Å². The van der Waals surface area contributed by atoms with Gasteiger partial charge >= 0.3 is 6.09 Å². The number of allylic oxidation sites excluding steroid dienone is 1. The molecule has 12 atom stereocenters. The van der Waals surface area contributed by atoms with Crippen molar-refractivity contribution in [2.75, 3.05) is 33.8 Å². The molecule has 0 spiro atoms. The second kappa shape index (κ2) is 16.0. The number of ether oxygens (including phenoxy) is 5. The highest BCUT2D eigenvalue weighted by Crippen LogP contribution is 2.36. The van der Waals surface area contributed by atoms with Crippen molar-refractivity contribution in [2.24, 2.45) is 11.8 Å². The van der Waals surface area contributed by atoms with Gasteiger partial charge in [-0.25, -0.2) is 4.79 Å². The van der Waals surface area contributed by atoms with Crippen molar-refractivity contribution in [3.05, 3.63) is 11.8 Å². The Labute approximate surface area is 268 Å². The predicted molar refractivity (Wildman–Crippen MR) is 167 cm³/mol. The van der Waals surface area contributed by atoms with E-state index < -0.39 is 66.4 Å². The molecule has 2 fully saturated rings. The second-order valence-electron chi connectivity index (χ2n) is 14.3. The average molecular weight is 646 g/mol. The van der Waals surface area contributed by atoms with E-state index >= 15 is 0 Å². The first-order valence-electron chi connectivity index (χ1n) is 16.4. The van der Waals surface area contributed by atoms with Crippen LogP contribution in [0.25, 0.3) is 0 Å². The Balaban J connectivity index is 1.70. The van der Waals surface area contributed by atoms with Crippen LogP contribution in [-0.4, -0.2) is 132 Å². The van der Waals surface area contributed by atoms with Gasteiger partial charge in [0, 0.05) is 25.6 Å². The van der Waals surface area contributed by atoms with Crippen LogP contribution < -0.4 is 10.6 Å². The molecule has 3 rings (SSSR count). The molecule has 262 valence electrons. The maximum absolute atomic E-state index is 12.9. The summed E-state index contributed by atoms with van der Waals surface area (Å²) in [6.07, 6.45) is -2.01. The van der Waals surface area contributed by atoms with Crippen molar-refractivity contribution in [3.63, 3.8) is 0 Å². The number of aliphatic hydroxyl groups is 4. The normalized spacial score (nSPS) is 38.2. The van der Waals surface area contributed by atoms with Crippen LogP contribution in [-0.2, 0) is 23.7 Å². The lowest BCUT2D eigenvalue weighted by Crippen LogP contribution is -2.68. The predicted octanol–water partition coefficient (Wildman–Crippen LogP) is 1.47. The zero-order valence-electron chi connectivity index (χ0n) is 28.6. The average Bonchev–Trinajstić information content (AvgIpc) is 2.94. The van der Waals surface area contributed by atoms with Gasteiger partial charge in [-0.3, -0.25) is 0 Å². The minimum atomic E-state index is -1.60. The zero-order chi connectivity index (χ0) is 33.7. The van der Waals surface area contributed by atoms with Crippen molar-refractivity contribution in [1.29, 1.82) is 0 Å². The molecule has 13 nitrogen and oxygen atoms in total. The highest BCUT2D eigenvalue weighted by atomic mass is 16.7. The largest absolute Gasteiger partial charge is 0.468 e. The minimum Gasteiger partial charge on any atom is -0.468 e. The number of nitrogens with zero attached hydrogens (tertiary/aromatic N) is 1. The smallest absolute Gasteiger partial charge is 0.410 e. The lowest BCUT2D eigenvalue weighted by Gasteiger charge is -2.50. The summed E-state index contributed by atoms with van der Waals surface area (Å²) in [5, 5.41) is 50.6. The van der Waals surface area contributed by atoms with Crippen LogP contribution in [0.5, 0.6) is 0 Å². The van der Waals surface area contributed by atoms with Crippen molar-refractivity contribution < 1.29 is 48.9 Å². The second-order valence-corrected chi connectivity index (χ2v) is 14.3. The van der Waals surface area contributed by atoms with E-state index in [0.717, 1.165) is 25.0 Å². The van der Waals surface area contributed by atoms with Crippen molar-refractivity contribution >= 4 is 6.09 Å². The summed E-state index contributed by atoms with van der Waals surface area (Å²) in [7, 11) is 3.23. The molecule has 0 aromatic rings. The fourth-order valence-electron chi connectivity index (χ4n) is 6.39. The molecular weight excluding hydrogens is 586 g/mol. The number of nitrogens with one attached hydrogen (secondary N) is 2. The Morgan fingerprint density at radius 1 is 1.16 bits per heavy atom. The minimum absolute atomic E-state index is 0.0371. The van der Waals surface area contributed by atoms with Gasteiger partial charge in [0.1, 0.15) is 35.3 Å². The Bertz CT molecular complexity index is 975. The van der Waals surface area contributed by atoms with E-state index in [4.69, 9.17) is 23.7 Å².